The van der Waals surface area contributed by atoms with Gasteiger partial charge >= 0.3 is 0 Å². The molecular weight excluding hydrogens is 431 g/mol. The van der Waals surface area contributed by atoms with E-state index in [0.717, 1.165) is 17.2 Å². The van der Waals surface area contributed by atoms with Gasteiger partial charge in [0.1, 0.15) is 6.33 Å². The number of nitrogens with zero attached hydrogens (tertiary/aromatic N) is 6. The van der Waals surface area contributed by atoms with E-state index in [0.29, 0.717) is 19.0 Å². The van der Waals surface area contributed by atoms with Crippen LogP contribution in [-0.4, -0.2) is 37.6 Å². The van der Waals surface area contributed by atoms with Gasteiger partial charge in [-0.15, -0.1) is 34.2 Å². The van der Waals surface area contributed by atoms with Gasteiger partial charge in [-0.2, -0.15) is 5.10 Å². The highest BCUT2D eigenvalue weighted by molar-refractivity contribution is 14.0. The summed E-state index contributed by atoms with van der Waals surface area (Å²) in [5.74, 6) is 1.50. The first kappa shape index (κ1) is 18.9. The van der Waals surface area contributed by atoms with Crippen LogP contribution in [0.15, 0.2) is 53.9 Å². The number of para-hydroxylation sites is 1. The van der Waals surface area contributed by atoms with Crippen molar-refractivity contribution in [1.29, 1.82) is 0 Å². The van der Waals surface area contributed by atoms with Gasteiger partial charge in [-0.25, -0.2) is 0 Å². The number of aliphatic imine (C=N–C) groups is 1. The predicted molar refractivity (Wildman–Crippen MR) is 107 cm³/mol. The molecule has 0 amide bonds. The van der Waals surface area contributed by atoms with Crippen molar-refractivity contribution in [2.75, 3.05) is 7.05 Å². The van der Waals surface area contributed by atoms with E-state index in [1.165, 1.54) is 0 Å². The van der Waals surface area contributed by atoms with Gasteiger partial charge in [0.2, 0.25) is 0 Å². The predicted octanol–water partition coefficient (Wildman–Crippen LogP) is 1.48. The van der Waals surface area contributed by atoms with Crippen LogP contribution in [-0.2, 0) is 20.1 Å². The Balaban J connectivity index is 0.00000225. The third-order valence-corrected chi connectivity index (χ3v) is 3.65. The Labute approximate surface area is 163 Å². The molecule has 25 heavy (non-hydrogen) atoms. The highest BCUT2D eigenvalue weighted by atomic mass is 127. The number of nitrogens with one attached hydrogen (secondary N) is 2. The minimum absolute atomic E-state index is 0. The van der Waals surface area contributed by atoms with Crippen LogP contribution in [0.2, 0.25) is 0 Å². The summed E-state index contributed by atoms with van der Waals surface area (Å²) in [6.45, 7) is 1.15. The number of aryl methyl sites for hydroxylation is 1. The average molecular weight is 452 g/mol. The molecule has 1 aromatic carbocycles. The Morgan fingerprint density at radius 3 is 2.56 bits per heavy atom. The Bertz CT molecular complexity index is 808. The van der Waals surface area contributed by atoms with E-state index in [4.69, 9.17) is 0 Å². The number of hydrogen-bond acceptors (Lipinski definition) is 4. The first-order valence-corrected chi connectivity index (χ1v) is 7.63. The van der Waals surface area contributed by atoms with Gasteiger partial charge in [0.05, 0.1) is 18.8 Å². The lowest BCUT2D eigenvalue weighted by Gasteiger charge is -2.12. The summed E-state index contributed by atoms with van der Waals surface area (Å²) < 4.78 is 3.77. The summed E-state index contributed by atoms with van der Waals surface area (Å²) in [4.78, 5) is 4.23. The summed E-state index contributed by atoms with van der Waals surface area (Å²) in [5.41, 5.74) is 2.10. The number of aromatic nitrogens is 5. The molecule has 2 N–H and O–H groups in total. The van der Waals surface area contributed by atoms with Crippen LogP contribution in [0.3, 0.4) is 0 Å². The van der Waals surface area contributed by atoms with Crippen LogP contribution in [0.4, 0.5) is 0 Å². The molecule has 0 aliphatic rings. The summed E-state index contributed by atoms with van der Waals surface area (Å²) in [6, 6.07) is 12.0. The lowest BCUT2D eigenvalue weighted by Crippen LogP contribution is -2.37. The lowest BCUT2D eigenvalue weighted by molar-refractivity contribution is 0.680. The number of benzene rings is 1. The Morgan fingerprint density at radius 1 is 1.12 bits per heavy atom. The summed E-state index contributed by atoms with van der Waals surface area (Å²) in [6.07, 6.45) is 3.48. The molecule has 0 fully saturated rings. The van der Waals surface area contributed by atoms with Crippen molar-refractivity contribution in [3.05, 3.63) is 60.4 Å². The van der Waals surface area contributed by atoms with E-state index >= 15 is 0 Å². The van der Waals surface area contributed by atoms with E-state index < -0.39 is 0 Å². The molecule has 0 aliphatic heterocycles. The molecule has 0 atom stereocenters. The third-order valence-electron chi connectivity index (χ3n) is 3.65. The zero-order chi connectivity index (χ0) is 16.8. The SMILES string of the molecule is CN=C(NCc1nncn1-c1ccccc1)NCc1ccnn1C.I. The summed E-state index contributed by atoms with van der Waals surface area (Å²) in [7, 11) is 3.65. The molecule has 0 unspecified atom stereocenters. The monoisotopic (exact) mass is 452 g/mol. The molecule has 9 heteroatoms. The fraction of sp³-hybridized carbons (Fsp3) is 0.250. The van der Waals surface area contributed by atoms with E-state index in [9.17, 15) is 0 Å². The minimum Gasteiger partial charge on any atom is -0.351 e. The zero-order valence-electron chi connectivity index (χ0n) is 14.1. The minimum atomic E-state index is 0. The molecule has 3 rings (SSSR count). The van der Waals surface area contributed by atoms with Crippen molar-refractivity contribution in [2.24, 2.45) is 12.0 Å². The maximum Gasteiger partial charge on any atom is 0.191 e. The first-order valence-electron chi connectivity index (χ1n) is 7.63. The van der Waals surface area contributed by atoms with E-state index in [-0.39, 0.29) is 24.0 Å². The molecular formula is C16H21IN8. The molecule has 3 aromatic rings. The Morgan fingerprint density at radius 2 is 1.88 bits per heavy atom. The van der Waals surface area contributed by atoms with Crippen molar-refractivity contribution in [1.82, 2.24) is 35.2 Å². The van der Waals surface area contributed by atoms with E-state index in [2.05, 4.69) is 30.9 Å². The maximum absolute atomic E-state index is 4.23. The second kappa shape index (κ2) is 9.16. The van der Waals surface area contributed by atoms with E-state index in [1.807, 2.05) is 52.7 Å². The standard InChI is InChI=1S/C16H20N8.HI/c1-17-16(18-10-14-8-9-21-23(14)2)19-11-15-22-20-12-24(15)13-6-4-3-5-7-13;/h3-9,12H,10-11H2,1-2H3,(H2,17,18,19);1H. The summed E-state index contributed by atoms with van der Waals surface area (Å²) in [5, 5.41) is 18.8. The largest absolute Gasteiger partial charge is 0.351 e. The molecule has 0 spiro atoms. The molecule has 0 aliphatic carbocycles. The number of rotatable bonds is 5. The van der Waals surface area contributed by atoms with Crippen LogP contribution < -0.4 is 10.6 Å². The lowest BCUT2D eigenvalue weighted by atomic mass is 10.3. The quantitative estimate of drug-likeness (QED) is 0.348. The second-order valence-corrected chi connectivity index (χ2v) is 5.18. The van der Waals surface area contributed by atoms with Gasteiger partial charge in [0.25, 0.3) is 0 Å². The van der Waals surface area contributed by atoms with Crippen molar-refractivity contribution in [3.8, 4) is 5.69 Å². The van der Waals surface area contributed by atoms with Gasteiger partial charge in [-0.05, 0) is 18.2 Å². The topological polar surface area (TPSA) is 84.9 Å². The summed E-state index contributed by atoms with van der Waals surface area (Å²) >= 11 is 0. The van der Waals surface area contributed by atoms with Gasteiger partial charge in [0, 0.05) is 26.0 Å². The molecule has 0 bridgehead atoms. The zero-order valence-corrected chi connectivity index (χ0v) is 16.5. The van der Waals surface area contributed by atoms with Gasteiger partial charge in [-0.1, -0.05) is 18.2 Å². The van der Waals surface area contributed by atoms with Crippen molar-refractivity contribution < 1.29 is 0 Å². The van der Waals surface area contributed by atoms with Crippen molar-refractivity contribution in [3.63, 3.8) is 0 Å². The first-order chi connectivity index (χ1) is 11.8. The van der Waals surface area contributed by atoms with Crippen LogP contribution in [0.25, 0.3) is 5.69 Å². The molecule has 2 heterocycles. The smallest absolute Gasteiger partial charge is 0.191 e. The second-order valence-electron chi connectivity index (χ2n) is 5.18. The highest BCUT2D eigenvalue weighted by Crippen LogP contribution is 2.08. The number of guanidine groups is 1. The van der Waals surface area contributed by atoms with Crippen LogP contribution in [0.5, 0.6) is 0 Å². The maximum atomic E-state index is 4.23. The fourth-order valence-corrected chi connectivity index (χ4v) is 2.32. The van der Waals surface area contributed by atoms with E-state index in [1.54, 1.807) is 19.6 Å². The van der Waals surface area contributed by atoms with Gasteiger partial charge < -0.3 is 10.6 Å². The average Bonchev–Trinajstić information content (AvgIpc) is 3.25. The number of halogens is 1. The molecule has 0 saturated carbocycles. The molecule has 132 valence electrons. The molecule has 0 radical (unpaired) electrons. The normalized spacial score (nSPS) is 11.0. The molecule has 0 saturated heterocycles. The van der Waals surface area contributed by atoms with Gasteiger partial charge in [0.15, 0.2) is 11.8 Å². The van der Waals surface area contributed by atoms with Crippen LogP contribution in [0, 0.1) is 0 Å². The van der Waals surface area contributed by atoms with Crippen molar-refractivity contribution >= 4 is 29.9 Å². The molecule has 8 nitrogen and oxygen atoms in total. The van der Waals surface area contributed by atoms with Crippen LogP contribution in [0.1, 0.15) is 11.5 Å². The highest BCUT2D eigenvalue weighted by Gasteiger charge is 2.07. The van der Waals surface area contributed by atoms with Gasteiger partial charge in [-0.3, -0.25) is 14.2 Å². The molecule has 2 aromatic heterocycles. The fourth-order valence-electron chi connectivity index (χ4n) is 2.32. The van der Waals surface area contributed by atoms with Crippen molar-refractivity contribution in [2.45, 2.75) is 13.1 Å². The Hall–Kier alpha value is -2.43. The Kier molecular flexibility index (Phi) is 6.92. The number of hydrogen-bond donors (Lipinski definition) is 2. The third kappa shape index (κ3) is 4.78. The van der Waals surface area contributed by atoms with Crippen LogP contribution >= 0.6 is 24.0 Å².